The van der Waals surface area contributed by atoms with E-state index in [0.29, 0.717) is 19.0 Å². The second-order valence-corrected chi connectivity index (χ2v) is 6.56. The van der Waals surface area contributed by atoms with Gasteiger partial charge in [0.2, 0.25) is 5.95 Å². The van der Waals surface area contributed by atoms with Gasteiger partial charge in [0.05, 0.1) is 6.54 Å². The molecule has 0 bridgehead atoms. The van der Waals surface area contributed by atoms with E-state index in [-0.39, 0.29) is 5.95 Å². The minimum absolute atomic E-state index is 0.0621. The Morgan fingerprint density at radius 3 is 2.76 bits per heavy atom. The zero-order valence-electron chi connectivity index (χ0n) is 16.1. The van der Waals surface area contributed by atoms with Gasteiger partial charge in [0, 0.05) is 38.3 Å². The Morgan fingerprint density at radius 2 is 2.10 bits per heavy atom. The summed E-state index contributed by atoms with van der Waals surface area (Å²) in [5, 5.41) is 12.9. The van der Waals surface area contributed by atoms with Gasteiger partial charge in [-0.3, -0.25) is 10.1 Å². The van der Waals surface area contributed by atoms with E-state index in [1.807, 2.05) is 6.92 Å². The predicted octanol–water partition coefficient (Wildman–Crippen LogP) is 1.87. The maximum atomic E-state index is 12.7. The topological polar surface area (TPSA) is 107 Å². The first kappa shape index (κ1) is 20.8. The average molecular weight is 411 g/mol. The van der Waals surface area contributed by atoms with E-state index < -0.39 is 11.9 Å². The first-order chi connectivity index (χ1) is 14.0. The smallest absolute Gasteiger partial charge is 0.357 e. The van der Waals surface area contributed by atoms with Gasteiger partial charge >= 0.3 is 6.18 Å². The van der Waals surface area contributed by atoms with Gasteiger partial charge in [-0.05, 0) is 25.8 Å². The quantitative estimate of drug-likeness (QED) is 0.378. The molecule has 0 aromatic carbocycles. The van der Waals surface area contributed by atoms with Crippen LogP contribution in [0.2, 0.25) is 0 Å². The third kappa shape index (κ3) is 5.78. The molecule has 12 heteroatoms. The first-order valence-corrected chi connectivity index (χ1v) is 9.50. The number of aliphatic imine (C=N–C) groups is 1. The van der Waals surface area contributed by atoms with Crippen molar-refractivity contribution in [3.63, 3.8) is 0 Å². The number of anilines is 1. The van der Waals surface area contributed by atoms with Crippen molar-refractivity contribution in [2.24, 2.45) is 4.99 Å². The lowest BCUT2D eigenvalue weighted by atomic mass is 9.96. The Labute approximate surface area is 166 Å². The third-order valence-electron chi connectivity index (χ3n) is 4.55. The maximum absolute atomic E-state index is 12.7. The molecule has 3 N–H and O–H groups in total. The number of nitrogens with one attached hydrogen (secondary N) is 3. The van der Waals surface area contributed by atoms with Crippen LogP contribution in [0.1, 0.15) is 37.2 Å². The normalized spacial score (nSPS) is 16.1. The molecule has 0 atom stereocenters. The standard InChI is InChI=1S/C17H24F3N9/c1-2-21-16(29-9-4-12(5-10-29)14-25-11-26-28-14)24-8-7-23-15-22-6-3-13(27-15)17(18,19)20/h3,6,11-12H,2,4-5,7-10H2,1H3,(H,21,24)(H,22,23,27)(H,25,26,28). The van der Waals surface area contributed by atoms with Gasteiger partial charge in [0.15, 0.2) is 5.96 Å². The fourth-order valence-electron chi connectivity index (χ4n) is 3.13. The number of hydrogen-bond acceptors (Lipinski definition) is 6. The minimum Gasteiger partial charge on any atom is -0.357 e. The maximum Gasteiger partial charge on any atom is 0.433 e. The predicted molar refractivity (Wildman–Crippen MR) is 101 cm³/mol. The number of rotatable bonds is 6. The molecule has 3 heterocycles. The molecule has 0 saturated carbocycles. The van der Waals surface area contributed by atoms with Crippen molar-refractivity contribution in [2.45, 2.75) is 31.9 Å². The summed E-state index contributed by atoms with van der Waals surface area (Å²) in [4.78, 5) is 18.3. The van der Waals surface area contributed by atoms with Gasteiger partial charge in [0.25, 0.3) is 0 Å². The van der Waals surface area contributed by atoms with E-state index >= 15 is 0 Å². The number of aromatic nitrogens is 5. The Bertz CT molecular complexity index is 784. The monoisotopic (exact) mass is 411 g/mol. The average Bonchev–Trinajstić information content (AvgIpc) is 3.25. The molecule has 9 nitrogen and oxygen atoms in total. The summed E-state index contributed by atoms with van der Waals surface area (Å²) in [7, 11) is 0. The van der Waals surface area contributed by atoms with Crippen molar-refractivity contribution in [1.29, 1.82) is 0 Å². The molecule has 0 radical (unpaired) electrons. The van der Waals surface area contributed by atoms with Crippen molar-refractivity contribution in [3.05, 3.63) is 30.1 Å². The Hall–Kier alpha value is -2.92. The van der Waals surface area contributed by atoms with Crippen LogP contribution in [0.3, 0.4) is 0 Å². The number of alkyl halides is 3. The van der Waals surface area contributed by atoms with Crippen LogP contribution in [0.5, 0.6) is 0 Å². The highest BCUT2D eigenvalue weighted by atomic mass is 19.4. The molecule has 0 amide bonds. The van der Waals surface area contributed by atoms with Crippen molar-refractivity contribution in [1.82, 2.24) is 35.4 Å². The summed E-state index contributed by atoms with van der Waals surface area (Å²) in [6.07, 6.45) is -0.00202. The van der Waals surface area contributed by atoms with Crippen LogP contribution in [0.15, 0.2) is 23.6 Å². The number of H-pyrrole nitrogens is 1. The van der Waals surface area contributed by atoms with Gasteiger partial charge in [-0.2, -0.15) is 18.3 Å². The van der Waals surface area contributed by atoms with Gasteiger partial charge in [-0.25, -0.2) is 15.0 Å². The molecule has 29 heavy (non-hydrogen) atoms. The molecule has 1 aliphatic heterocycles. The Kier molecular flexibility index (Phi) is 6.83. The van der Waals surface area contributed by atoms with Crippen molar-refractivity contribution < 1.29 is 13.2 Å². The SMILES string of the molecule is CCNC(=NCCNc1nccc(C(F)(F)F)n1)N1CCC(c2ncn[nH]2)CC1. The van der Waals surface area contributed by atoms with Crippen LogP contribution in [-0.2, 0) is 6.18 Å². The third-order valence-corrected chi connectivity index (χ3v) is 4.55. The van der Waals surface area contributed by atoms with Crippen LogP contribution in [0.25, 0.3) is 0 Å². The zero-order chi connectivity index (χ0) is 20.7. The highest BCUT2D eigenvalue weighted by Gasteiger charge is 2.32. The fraction of sp³-hybridized carbons (Fsp3) is 0.588. The number of guanidine groups is 1. The van der Waals surface area contributed by atoms with E-state index in [2.05, 4.69) is 45.7 Å². The number of aromatic amines is 1. The molecule has 0 unspecified atom stereocenters. The first-order valence-electron chi connectivity index (χ1n) is 9.50. The largest absolute Gasteiger partial charge is 0.433 e. The molecule has 1 fully saturated rings. The molecule has 2 aromatic heterocycles. The summed E-state index contributed by atoms with van der Waals surface area (Å²) >= 11 is 0. The van der Waals surface area contributed by atoms with Gasteiger partial charge in [0.1, 0.15) is 17.8 Å². The summed E-state index contributed by atoms with van der Waals surface area (Å²) in [5.41, 5.74) is -0.971. The number of hydrogen-bond donors (Lipinski definition) is 3. The van der Waals surface area contributed by atoms with Gasteiger partial charge < -0.3 is 15.5 Å². The van der Waals surface area contributed by atoms with E-state index in [1.54, 1.807) is 0 Å². The van der Waals surface area contributed by atoms with Crippen LogP contribution >= 0.6 is 0 Å². The molecule has 1 aliphatic rings. The van der Waals surface area contributed by atoms with Crippen LogP contribution in [0.4, 0.5) is 19.1 Å². The van der Waals surface area contributed by atoms with E-state index in [0.717, 1.165) is 56.5 Å². The summed E-state index contributed by atoms with van der Waals surface area (Å²) < 4.78 is 38.1. The molecule has 1 saturated heterocycles. The van der Waals surface area contributed by atoms with Crippen LogP contribution in [0, 0.1) is 0 Å². The van der Waals surface area contributed by atoms with Crippen molar-refractivity contribution in [3.8, 4) is 0 Å². The van der Waals surface area contributed by atoms with Gasteiger partial charge in [-0.15, -0.1) is 0 Å². The fourth-order valence-corrected chi connectivity index (χ4v) is 3.13. The van der Waals surface area contributed by atoms with Gasteiger partial charge in [-0.1, -0.05) is 0 Å². The lowest BCUT2D eigenvalue weighted by Gasteiger charge is -2.33. The van der Waals surface area contributed by atoms with E-state index in [9.17, 15) is 13.2 Å². The van der Waals surface area contributed by atoms with Crippen molar-refractivity contribution >= 4 is 11.9 Å². The van der Waals surface area contributed by atoms with Crippen molar-refractivity contribution in [2.75, 3.05) is 38.0 Å². The molecule has 0 aliphatic carbocycles. The lowest BCUT2D eigenvalue weighted by Crippen LogP contribution is -2.45. The van der Waals surface area contributed by atoms with E-state index in [4.69, 9.17) is 0 Å². The van der Waals surface area contributed by atoms with Crippen LogP contribution in [-0.4, -0.2) is 68.7 Å². The number of nitrogens with zero attached hydrogens (tertiary/aromatic N) is 6. The number of piperidine rings is 1. The molecular weight excluding hydrogens is 387 g/mol. The molecule has 2 aromatic rings. The summed E-state index contributed by atoms with van der Waals surface area (Å²) in [5.74, 6) is 2.00. The minimum atomic E-state index is -4.49. The number of likely N-dealkylation sites (tertiary alicyclic amines) is 1. The summed E-state index contributed by atoms with van der Waals surface area (Å²) in [6, 6.07) is 0.842. The van der Waals surface area contributed by atoms with Crippen LogP contribution < -0.4 is 10.6 Å². The molecule has 158 valence electrons. The highest BCUT2D eigenvalue weighted by molar-refractivity contribution is 5.80. The second-order valence-electron chi connectivity index (χ2n) is 6.56. The molecule has 0 spiro atoms. The summed E-state index contributed by atoms with van der Waals surface area (Å²) in [6.45, 7) is 5.09. The Morgan fingerprint density at radius 1 is 1.31 bits per heavy atom. The second kappa shape index (κ2) is 9.52. The lowest BCUT2D eigenvalue weighted by molar-refractivity contribution is -0.141. The molecular formula is C17H24F3N9. The van der Waals surface area contributed by atoms with E-state index in [1.165, 1.54) is 6.33 Å². The number of halogens is 3. The highest BCUT2D eigenvalue weighted by Crippen LogP contribution is 2.27. The zero-order valence-corrected chi connectivity index (χ0v) is 16.1. The molecule has 3 rings (SSSR count). The Balaban J connectivity index is 1.51.